The fourth-order valence-corrected chi connectivity index (χ4v) is 1.99. The Morgan fingerprint density at radius 3 is 2.20 bits per heavy atom. The number of carbonyl (C=O) groups is 3. The van der Waals surface area contributed by atoms with E-state index in [1.807, 2.05) is 0 Å². The van der Waals surface area contributed by atoms with E-state index in [9.17, 15) is 14.4 Å². The van der Waals surface area contributed by atoms with E-state index >= 15 is 0 Å². The Morgan fingerprint density at radius 1 is 1.10 bits per heavy atom. The molecule has 0 fully saturated rings. The van der Waals surface area contributed by atoms with Crippen molar-refractivity contribution in [3.63, 3.8) is 0 Å². The highest BCUT2D eigenvalue weighted by Gasteiger charge is 2.26. The summed E-state index contributed by atoms with van der Waals surface area (Å²) >= 11 is 0. The van der Waals surface area contributed by atoms with Crippen LogP contribution in [0, 0.1) is 0 Å². The Kier molecular flexibility index (Phi) is 9.41. The predicted molar refractivity (Wildman–Crippen MR) is 76.0 cm³/mol. The molecule has 0 heterocycles. The number of aliphatic carboxylic acids is 1. The number of hydrogen-bond acceptors (Lipinski definition) is 3. The summed E-state index contributed by atoms with van der Waals surface area (Å²) in [6.45, 7) is 2.12. The second-order valence-electron chi connectivity index (χ2n) is 5.03. The summed E-state index contributed by atoms with van der Waals surface area (Å²) < 4.78 is 0. The lowest BCUT2D eigenvalue weighted by molar-refractivity contribution is -0.149. The number of carbonyl (C=O) groups excluding carboxylic acids is 2. The Labute approximate surface area is 120 Å². The number of unbranched alkanes of at least 4 members (excludes halogenated alkanes) is 4. The minimum absolute atomic E-state index is 0.0366. The van der Waals surface area contributed by atoms with Crippen molar-refractivity contribution in [1.82, 2.24) is 4.90 Å². The van der Waals surface area contributed by atoms with Gasteiger partial charge in [0.15, 0.2) is 0 Å². The average molecular weight is 286 g/mol. The molecular formula is C14H26N2O4. The second-order valence-corrected chi connectivity index (χ2v) is 5.03. The van der Waals surface area contributed by atoms with Crippen molar-refractivity contribution in [2.45, 2.75) is 64.3 Å². The van der Waals surface area contributed by atoms with Gasteiger partial charge in [-0.15, -0.1) is 0 Å². The van der Waals surface area contributed by atoms with E-state index in [4.69, 9.17) is 10.8 Å². The van der Waals surface area contributed by atoms with Gasteiger partial charge in [0.05, 0.1) is 0 Å². The predicted octanol–water partition coefficient (Wildman–Crippen LogP) is 1.52. The molecule has 0 rings (SSSR count). The van der Waals surface area contributed by atoms with Crippen LogP contribution in [0.3, 0.4) is 0 Å². The van der Waals surface area contributed by atoms with Crippen LogP contribution in [0.2, 0.25) is 0 Å². The molecular weight excluding hydrogens is 260 g/mol. The second kappa shape index (κ2) is 10.2. The van der Waals surface area contributed by atoms with Gasteiger partial charge in [0.25, 0.3) is 0 Å². The van der Waals surface area contributed by atoms with Crippen LogP contribution in [0.25, 0.3) is 0 Å². The molecule has 6 heteroatoms. The molecule has 0 saturated carbocycles. The maximum absolute atomic E-state index is 11.9. The number of hydrogen-bond donors (Lipinski definition) is 2. The summed E-state index contributed by atoms with van der Waals surface area (Å²) in [4.78, 5) is 35.0. The first-order valence-corrected chi connectivity index (χ1v) is 7.16. The number of carboxylic acids is 1. The van der Waals surface area contributed by atoms with Gasteiger partial charge in [-0.1, -0.05) is 32.6 Å². The minimum Gasteiger partial charge on any atom is -0.480 e. The van der Waals surface area contributed by atoms with Crippen molar-refractivity contribution >= 4 is 17.8 Å². The third-order valence-corrected chi connectivity index (χ3v) is 3.30. The first-order valence-electron chi connectivity index (χ1n) is 7.16. The number of carboxylic acid groups (broad SMARTS) is 1. The van der Waals surface area contributed by atoms with Gasteiger partial charge in [-0.2, -0.15) is 0 Å². The van der Waals surface area contributed by atoms with Crippen molar-refractivity contribution in [1.29, 1.82) is 0 Å². The largest absolute Gasteiger partial charge is 0.480 e. The molecule has 0 spiro atoms. The molecule has 116 valence electrons. The maximum atomic E-state index is 11.9. The molecule has 1 unspecified atom stereocenters. The van der Waals surface area contributed by atoms with Crippen LogP contribution in [0.15, 0.2) is 0 Å². The van der Waals surface area contributed by atoms with Gasteiger partial charge in [-0.05, 0) is 12.8 Å². The van der Waals surface area contributed by atoms with Crippen molar-refractivity contribution in [3.05, 3.63) is 0 Å². The summed E-state index contributed by atoms with van der Waals surface area (Å²) in [6.07, 6.45) is 5.51. The van der Waals surface area contributed by atoms with Crippen molar-refractivity contribution < 1.29 is 19.5 Å². The SMILES string of the molecule is CCCCCCCC(=O)N(C)C(CCC(N)=O)C(=O)O. The van der Waals surface area contributed by atoms with Gasteiger partial charge in [0, 0.05) is 19.9 Å². The first-order chi connectivity index (χ1) is 9.40. The van der Waals surface area contributed by atoms with E-state index < -0.39 is 17.9 Å². The number of primary amides is 1. The van der Waals surface area contributed by atoms with Crippen molar-refractivity contribution in [2.24, 2.45) is 5.73 Å². The number of likely N-dealkylation sites (N-methyl/N-ethyl adjacent to an activating group) is 1. The van der Waals surface area contributed by atoms with Crippen LogP contribution in [-0.4, -0.2) is 40.9 Å². The van der Waals surface area contributed by atoms with E-state index in [0.29, 0.717) is 6.42 Å². The quantitative estimate of drug-likeness (QED) is 0.562. The number of rotatable bonds is 11. The Morgan fingerprint density at radius 2 is 1.70 bits per heavy atom. The molecule has 0 aliphatic heterocycles. The number of nitrogens with two attached hydrogens (primary N) is 1. The topological polar surface area (TPSA) is 101 Å². The molecule has 20 heavy (non-hydrogen) atoms. The molecule has 0 saturated heterocycles. The fourth-order valence-electron chi connectivity index (χ4n) is 1.99. The lowest BCUT2D eigenvalue weighted by atomic mass is 10.1. The summed E-state index contributed by atoms with van der Waals surface area (Å²) in [6, 6.07) is -0.981. The van der Waals surface area contributed by atoms with Crippen LogP contribution in [-0.2, 0) is 14.4 Å². The fraction of sp³-hybridized carbons (Fsp3) is 0.786. The Bertz CT molecular complexity index is 331. The van der Waals surface area contributed by atoms with Crippen LogP contribution >= 0.6 is 0 Å². The summed E-state index contributed by atoms with van der Waals surface area (Å²) in [5, 5.41) is 9.10. The van der Waals surface area contributed by atoms with Gasteiger partial charge in [-0.3, -0.25) is 9.59 Å². The van der Waals surface area contributed by atoms with Crippen molar-refractivity contribution in [2.75, 3.05) is 7.05 Å². The van der Waals surface area contributed by atoms with Gasteiger partial charge in [-0.25, -0.2) is 4.79 Å². The molecule has 0 bridgehead atoms. The number of amides is 2. The third-order valence-electron chi connectivity index (χ3n) is 3.30. The maximum Gasteiger partial charge on any atom is 0.326 e. The molecule has 0 aliphatic carbocycles. The van der Waals surface area contributed by atoms with Gasteiger partial charge in [0.2, 0.25) is 11.8 Å². The summed E-state index contributed by atoms with van der Waals surface area (Å²) in [5.74, 6) is -1.86. The van der Waals surface area contributed by atoms with Gasteiger partial charge >= 0.3 is 5.97 Å². The van der Waals surface area contributed by atoms with Crippen LogP contribution in [0.1, 0.15) is 58.3 Å². The summed E-state index contributed by atoms with van der Waals surface area (Å²) in [5.41, 5.74) is 5.01. The number of nitrogens with zero attached hydrogens (tertiary/aromatic N) is 1. The minimum atomic E-state index is -1.10. The Hall–Kier alpha value is -1.59. The normalized spacial score (nSPS) is 11.9. The molecule has 3 N–H and O–H groups in total. The van der Waals surface area contributed by atoms with E-state index in [2.05, 4.69) is 6.92 Å². The van der Waals surface area contributed by atoms with Crippen molar-refractivity contribution in [3.8, 4) is 0 Å². The molecule has 0 radical (unpaired) electrons. The third kappa shape index (κ3) is 7.76. The molecule has 0 aromatic heterocycles. The Balaban J connectivity index is 4.20. The highest BCUT2D eigenvalue weighted by atomic mass is 16.4. The highest BCUT2D eigenvalue weighted by molar-refractivity contribution is 5.84. The monoisotopic (exact) mass is 286 g/mol. The van der Waals surface area contributed by atoms with E-state index in [-0.39, 0.29) is 18.7 Å². The van der Waals surface area contributed by atoms with E-state index in [0.717, 1.165) is 32.1 Å². The average Bonchev–Trinajstić information content (AvgIpc) is 2.37. The first kappa shape index (κ1) is 18.4. The zero-order valence-corrected chi connectivity index (χ0v) is 12.4. The van der Waals surface area contributed by atoms with Gasteiger partial charge in [0.1, 0.15) is 6.04 Å². The van der Waals surface area contributed by atoms with Crippen LogP contribution < -0.4 is 5.73 Å². The zero-order valence-electron chi connectivity index (χ0n) is 12.4. The van der Waals surface area contributed by atoms with Crippen LogP contribution in [0.4, 0.5) is 0 Å². The summed E-state index contributed by atoms with van der Waals surface area (Å²) in [7, 11) is 1.47. The smallest absolute Gasteiger partial charge is 0.326 e. The zero-order chi connectivity index (χ0) is 15.5. The van der Waals surface area contributed by atoms with Gasteiger partial charge < -0.3 is 15.7 Å². The molecule has 0 aliphatic rings. The lowest BCUT2D eigenvalue weighted by Gasteiger charge is -2.24. The highest BCUT2D eigenvalue weighted by Crippen LogP contribution is 2.11. The standard InChI is InChI=1S/C14H26N2O4/c1-3-4-5-6-7-8-13(18)16(2)11(14(19)20)9-10-12(15)17/h11H,3-10H2,1-2H3,(H2,15,17)(H,19,20). The molecule has 0 aromatic rings. The lowest BCUT2D eigenvalue weighted by Crippen LogP contribution is -2.42. The van der Waals surface area contributed by atoms with E-state index in [1.54, 1.807) is 0 Å². The molecule has 0 aromatic carbocycles. The molecule has 1 atom stereocenters. The molecule has 6 nitrogen and oxygen atoms in total. The van der Waals surface area contributed by atoms with Crippen LogP contribution in [0.5, 0.6) is 0 Å². The molecule has 2 amide bonds. The van der Waals surface area contributed by atoms with E-state index in [1.165, 1.54) is 11.9 Å².